The van der Waals surface area contributed by atoms with Crippen LogP contribution in [-0.4, -0.2) is 71.5 Å². The first-order chi connectivity index (χ1) is 13.3. The zero-order valence-corrected chi connectivity index (χ0v) is 14.9. The van der Waals surface area contributed by atoms with Gasteiger partial charge in [-0.3, -0.25) is 4.79 Å². The fourth-order valence-corrected chi connectivity index (χ4v) is 3.62. The minimum atomic E-state index is -0.184. The summed E-state index contributed by atoms with van der Waals surface area (Å²) in [5.41, 5.74) is 0. The summed E-state index contributed by atoms with van der Waals surface area (Å²) < 4.78 is 8.88. The minimum absolute atomic E-state index is 0.170. The van der Waals surface area contributed by atoms with Crippen molar-refractivity contribution in [3.63, 3.8) is 0 Å². The Kier molecular flexibility index (Phi) is 4.04. The van der Waals surface area contributed by atoms with Crippen molar-refractivity contribution in [1.82, 2.24) is 39.2 Å². The summed E-state index contributed by atoms with van der Waals surface area (Å²) in [5, 5.41) is 8.93. The van der Waals surface area contributed by atoms with Crippen LogP contribution in [0.15, 0.2) is 18.5 Å². The molecule has 5 rings (SSSR count). The second-order valence-electron chi connectivity index (χ2n) is 6.84. The number of amides is 1. The van der Waals surface area contributed by atoms with Gasteiger partial charge >= 0.3 is 0 Å². The molecule has 0 atom stereocenters. The maximum atomic E-state index is 12.8. The van der Waals surface area contributed by atoms with Crippen LogP contribution in [-0.2, 0) is 17.7 Å². The number of aromatic nitrogens is 7. The second-order valence-corrected chi connectivity index (χ2v) is 6.84. The van der Waals surface area contributed by atoms with Crippen LogP contribution in [0.25, 0.3) is 5.78 Å². The summed E-state index contributed by atoms with van der Waals surface area (Å²) in [6, 6.07) is 1.75. The third-order valence-electron chi connectivity index (χ3n) is 5.13. The number of fused-ring (bicyclic) bond motifs is 2. The molecule has 0 spiro atoms. The van der Waals surface area contributed by atoms with Crippen LogP contribution < -0.4 is 0 Å². The predicted molar refractivity (Wildman–Crippen MR) is 93.2 cm³/mol. The molecule has 5 heterocycles. The van der Waals surface area contributed by atoms with E-state index in [9.17, 15) is 4.79 Å². The van der Waals surface area contributed by atoms with Crippen molar-refractivity contribution in [3.8, 4) is 0 Å². The average Bonchev–Trinajstić information content (AvgIpc) is 3.28. The molecule has 3 aromatic rings. The van der Waals surface area contributed by atoms with Crippen molar-refractivity contribution in [2.24, 2.45) is 0 Å². The van der Waals surface area contributed by atoms with Crippen LogP contribution in [0.5, 0.6) is 0 Å². The second kappa shape index (κ2) is 6.69. The average molecular weight is 368 g/mol. The molecule has 1 amide bonds. The van der Waals surface area contributed by atoms with E-state index in [4.69, 9.17) is 14.8 Å². The zero-order valence-electron chi connectivity index (χ0n) is 14.9. The molecule has 0 aliphatic carbocycles. The Morgan fingerprint density at radius 2 is 2.00 bits per heavy atom. The fourth-order valence-electron chi connectivity index (χ4n) is 3.62. The molecular formula is C17H20N8O2. The van der Waals surface area contributed by atoms with Crippen LogP contribution in [0.1, 0.15) is 41.0 Å². The topological polar surface area (TPSA) is 103 Å². The van der Waals surface area contributed by atoms with E-state index < -0.39 is 0 Å². The molecule has 2 aliphatic heterocycles. The number of hydrogen-bond donors (Lipinski definition) is 0. The number of ether oxygens (including phenoxy) is 1. The summed E-state index contributed by atoms with van der Waals surface area (Å²) in [5.74, 6) is 2.65. The summed E-state index contributed by atoms with van der Waals surface area (Å²) in [6.07, 6.45) is 5.98. The molecule has 0 unspecified atom stereocenters. The van der Waals surface area contributed by atoms with Gasteiger partial charge in [-0.15, -0.1) is 5.10 Å². The Labute approximate surface area is 155 Å². The molecule has 1 saturated heterocycles. The SMILES string of the molecule is O=C(c1nc2ncccn2n1)N1CCc2nc(C3CCOCC3)nn2CC1. The van der Waals surface area contributed by atoms with Gasteiger partial charge in [-0.1, -0.05) is 0 Å². The van der Waals surface area contributed by atoms with Gasteiger partial charge in [0.25, 0.3) is 11.7 Å². The zero-order chi connectivity index (χ0) is 18.2. The highest BCUT2D eigenvalue weighted by Crippen LogP contribution is 2.25. The van der Waals surface area contributed by atoms with Crippen LogP contribution in [0, 0.1) is 0 Å². The normalized spacial score (nSPS) is 18.4. The van der Waals surface area contributed by atoms with Crippen molar-refractivity contribution >= 4 is 11.7 Å². The Morgan fingerprint density at radius 1 is 1.11 bits per heavy atom. The van der Waals surface area contributed by atoms with Crippen molar-refractivity contribution in [3.05, 3.63) is 35.9 Å². The van der Waals surface area contributed by atoms with Crippen molar-refractivity contribution < 1.29 is 9.53 Å². The molecule has 1 fully saturated rings. The van der Waals surface area contributed by atoms with E-state index in [0.29, 0.717) is 37.8 Å². The lowest BCUT2D eigenvalue weighted by atomic mass is 10.00. The maximum Gasteiger partial charge on any atom is 0.293 e. The predicted octanol–water partition coefficient (Wildman–Crippen LogP) is 0.308. The summed E-state index contributed by atoms with van der Waals surface area (Å²) >= 11 is 0. The number of carbonyl (C=O) groups excluding carboxylic acids is 1. The molecule has 0 aromatic carbocycles. The van der Waals surface area contributed by atoms with E-state index in [1.807, 2.05) is 4.68 Å². The molecule has 2 aliphatic rings. The molecule has 0 bridgehead atoms. The molecule has 10 heteroatoms. The highest BCUT2D eigenvalue weighted by atomic mass is 16.5. The lowest BCUT2D eigenvalue weighted by Crippen LogP contribution is -2.34. The molecule has 27 heavy (non-hydrogen) atoms. The molecule has 10 nitrogen and oxygen atoms in total. The number of rotatable bonds is 2. The standard InChI is InChI=1S/C17H20N8O2/c26-16(15-20-17-18-5-1-6-25(17)22-15)23-7-2-13-19-14(21-24(13)9-8-23)12-3-10-27-11-4-12/h1,5-6,12H,2-4,7-11H2. The van der Waals surface area contributed by atoms with E-state index in [0.717, 1.165) is 37.7 Å². The van der Waals surface area contributed by atoms with E-state index in [2.05, 4.69) is 15.1 Å². The Morgan fingerprint density at radius 3 is 2.85 bits per heavy atom. The van der Waals surface area contributed by atoms with E-state index in [1.54, 1.807) is 23.4 Å². The quantitative estimate of drug-likeness (QED) is 0.641. The van der Waals surface area contributed by atoms with Crippen molar-refractivity contribution in [2.45, 2.75) is 31.7 Å². The first-order valence-corrected chi connectivity index (χ1v) is 9.26. The van der Waals surface area contributed by atoms with E-state index in [-0.39, 0.29) is 11.7 Å². The Bertz CT molecular complexity index is 916. The molecule has 3 aromatic heterocycles. The molecule has 0 radical (unpaired) electrons. The highest BCUT2D eigenvalue weighted by molar-refractivity contribution is 5.90. The van der Waals surface area contributed by atoms with Gasteiger partial charge < -0.3 is 9.64 Å². The number of carbonyl (C=O) groups is 1. The van der Waals surface area contributed by atoms with Crippen LogP contribution in [0.3, 0.4) is 0 Å². The highest BCUT2D eigenvalue weighted by Gasteiger charge is 2.27. The fraction of sp³-hybridized carbons (Fsp3) is 0.529. The molecular weight excluding hydrogens is 348 g/mol. The lowest BCUT2D eigenvalue weighted by Gasteiger charge is -2.19. The lowest BCUT2D eigenvalue weighted by molar-refractivity contribution is 0.0744. The summed E-state index contributed by atoms with van der Waals surface area (Å²) in [6.45, 7) is 3.32. The largest absolute Gasteiger partial charge is 0.381 e. The van der Waals surface area contributed by atoms with Gasteiger partial charge in [0, 0.05) is 51.0 Å². The van der Waals surface area contributed by atoms with Crippen LogP contribution in [0.2, 0.25) is 0 Å². The van der Waals surface area contributed by atoms with E-state index in [1.165, 1.54) is 4.52 Å². The van der Waals surface area contributed by atoms with Gasteiger partial charge in [0.05, 0.1) is 6.54 Å². The monoisotopic (exact) mass is 368 g/mol. The summed E-state index contributed by atoms with van der Waals surface area (Å²) in [4.78, 5) is 27.7. The molecule has 0 N–H and O–H groups in total. The van der Waals surface area contributed by atoms with Gasteiger partial charge in [0.1, 0.15) is 5.82 Å². The van der Waals surface area contributed by atoms with Gasteiger partial charge in [0.2, 0.25) is 5.82 Å². The third kappa shape index (κ3) is 3.05. The Hall–Kier alpha value is -2.88. The van der Waals surface area contributed by atoms with Gasteiger partial charge in [-0.05, 0) is 18.9 Å². The smallest absolute Gasteiger partial charge is 0.293 e. The Balaban J connectivity index is 1.30. The maximum absolute atomic E-state index is 12.8. The van der Waals surface area contributed by atoms with Crippen molar-refractivity contribution in [2.75, 3.05) is 26.3 Å². The number of nitrogens with zero attached hydrogens (tertiary/aromatic N) is 8. The molecule has 0 saturated carbocycles. The first kappa shape index (κ1) is 16.3. The van der Waals surface area contributed by atoms with Gasteiger partial charge in [-0.25, -0.2) is 19.2 Å². The van der Waals surface area contributed by atoms with Crippen molar-refractivity contribution in [1.29, 1.82) is 0 Å². The van der Waals surface area contributed by atoms with Crippen LogP contribution in [0.4, 0.5) is 0 Å². The van der Waals surface area contributed by atoms with Gasteiger partial charge in [-0.2, -0.15) is 10.1 Å². The van der Waals surface area contributed by atoms with Gasteiger partial charge in [0.15, 0.2) is 5.82 Å². The van der Waals surface area contributed by atoms with Crippen LogP contribution >= 0.6 is 0 Å². The van der Waals surface area contributed by atoms with E-state index >= 15 is 0 Å². The molecule has 140 valence electrons. The number of hydrogen-bond acceptors (Lipinski definition) is 7. The first-order valence-electron chi connectivity index (χ1n) is 9.26. The minimum Gasteiger partial charge on any atom is -0.381 e. The third-order valence-corrected chi connectivity index (χ3v) is 5.13. The summed E-state index contributed by atoms with van der Waals surface area (Å²) in [7, 11) is 0.